The first-order chi connectivity index (χ1) is 24.1. The summed E-state index contributed by atoms with van der Waals surface area (Å²) in [4.78, 5) is 42.3. The van der Waals surface area contributed by atoms with Crippen molar-refractivity contribution in [3.05, 3.63) is 47.2 Å². The number of nitrogens with zero attached hydrogens (tertiary/aromatic N) is 3. The largest absolute Gasteiger partial charge is 0.508 e. The van der Waals surface area contributed by atoms with Crippen molar-refractivity contribution in [1.82, 2.24) is 15.4 Å². The number of carbonyl (C=O) groups is 3. The van der Waals surface area contributed by atoms with Crippen LogP contribution in [-0.4, -0.2) is 98.9 Å². The molecule has 0 aliphatic carbocycles. The summed E-state index contributed by atoms with van der Waals surface area (Å²) < 4.78 is 56.6. The molecule has 1 fully saturated rings. The van der Waals surface area contributed by atoms with Crippen molar-refractivity contribution in [2.75, 3.05) is 32.6 Å². The summed E-state index contributed by atoms with van der Waals surface area (Å²) in [6.07, 6.45) is -2.36. The summed E-state index contributed by atoms with van der Waals surface area (Å²) in [7, 11) is -2.73. The molecule has 0 spiro atoms. The normalized spacial score (nSPS) is 18.5. The van der Waals surface area contributed by atoms with Gasteiger partial charge in [-0.05, 0) is 74.2 Å². The fraction of sp³-hybridized carbons (Fsp3) is 0.618. The van der Waals surface area contributed by atoms with Crippen molar-refractivity contribution in [2.24, 2.45) is 5.92 Å². The Morgan fingerprint density at radius 1 is 1.10 bits per heavy atom. The first-order valence-corrected chi connectivity index (χ1v) is 20.0. The van der Waals surface area contributed by atoms with Crippen LogP contribution in [0.2, 0.25) is 0 Å². The highest BCUT2D eigenvalue weighted by molar-refractivity contribution is 8.72. The molecule has 2 amide bonds. The highest BCUT2D eigenvalue weighted by Crippen LogP contribution is 2.33. The molecule has 2 heterocycles. The summed E-state index contributed by atoms with van der Waals surface area (Å²) >= 11 is 0. The summed E-state index contributed by atoms with van der Waals surface area (Å²) in [5.41, 5.74) is 1.22. The van der Waals surface area contributed by atoms with E-state index in [1.165, 1.54) is 11.0 Å². The first kappa shape index (κ1) is 41.6. The quantitative estimate of drug-likeness (QED) is 0.127. The van der Waals surface area contributed by atoms with Crippen LogP contribution >= 0.6 is 10.8 Å². The summed E-state index contributed by atoms with van der Waals surface area (Å²) in [5, 5.41) is 15.5. The van der Waals surface area contributed by atoms with E-state index in [0.29, 0.717) is 29.6 Å². The zero-order valence-corrected chi connectivity index (χ0v) is 31.8. The van der Waals surface area contributed by atoms with Crippen molar-refractivity contribution < 1.29 is 51.0 Å². The van der Waals surface area contributed by atoms with Gasteiger partial charge in [0.25, 0.3) is 5.88 Å². The third-order valence-electron chi connectivity index (χ3n) is 8.10. The van der Waals surface area contributed by atoms with Crippen LogP contribution in [0, 0.1) is 17.2 Å². The van der Waals surface area contributed by atoms with Gasteiger partial charge in [-0.2, -0.15) is 5.26 Å². The molecule has 1 saturated heterocycles. The van der Waals surface area contributed by atoms with E-state index in [9.17, 15) is 22.8 Å². The lowest BCUT2D eigenvalue weighted by Crippen LogP contribution is -2.48. The average molecular weight is 753 g/mol. The standard InChI is InChI=1S/C34H48N4O11S2/c1-9-44-30(45-10-2)19-46-29-16-28(49-37-29)31(20(3)4)33(40)38-18-26(48-34(41)47-22(6)23(7)50-51(8,42)43)15-27(38)32(39)36-21(5)25-13-11-24(17-35)12-14-25/h11-14,16,20-23,26-27,30-31H,9-10,15,18-19H2,1-8H3,(H,36,39)/t21-,22?,23?,26+,27-,31+/m0/s1. The number of hydrogen-bond acceptors (Lipinski definition) is 14. The second-order valence-electron chi connectivity index (χ2n) is 12.5. The summed E-state index contributed by atoms with van der Waals surface area (Å²) in [6, 6.07) is 8.81. The van der Waals surface area contributed by atoms with Gasteiger partial charge in [-0.1, -0.05) is 26.0 Å². The molecule has 2 aromatic rings. The molecule has 51 heavy (non-hydrogen) atoms. The zero-order valence-electron chi connectivity index (χ0n) is 30.2. The van der Waals surface area contributed by atoms with Gasteiger partial charge in [-0.15, -0.1) is 0 Å². The van der Waals surface area contributed by atoms with E-state index >= 15 is 0 Å². The summed E-state index contributed by atoms with van der Waals surface area (Å²) in [5.74, 6) is -1.77. The van der Waals surface area contributed by atoms with Gasteiger partial charge in [0.1, 0.15) is 30.8 Å². The number of amides is 2. The minimum absolute atomic E-state index is 0.0272. The van der Waals surface area contributed by atoms with Crippen LogP contribution < -0.4 is 10.1 Å². The van der Waals surface area contributed by atoms with Crippen LogP contribution in [0.3, 0.4) is 0 Å². The van der Waals surface area contributed by atoms with Gasteiger partial charge in [-0.3, -0.25) is 9.59 Å². The van der Waals surface area contributed by atoms with E-state index in [0.717, 1.165) is 11.8 Å². The lowest BCUT2D eigenvalue weighted by molar-refractivity contribution is -0.153. The van der Waals surface area contributed by atoms with E-state index < -0.39 is 68.6 Å². The van der Waals surface area contributed by atoms with E-state index in [1.54, 1.807) is 45.0 Å². The molecule has 1 aliphatic rings. The van der Waals surface area contributed by atoms with Gasteiger partial charge < -0.3 is 38.4 Å². The molecule has 1 aliphatic heterocycles. The third kappa shape index (κ3) is 12.4. The second kappa shape index (κ2) is 19.1. The second-order valence-corrected chi connectivity index (χ2v) is 17.2. The Balaban J connectivity index is 1.82. The van der Waals surface area contributed by atoms with E-state index in [-0.39, 0.29) is 37.1 Å². The molecule has 2 unspecified atom stereocenters. The SMILES string of the molecule is CCOC(COc1cc([C@H](C(=O)N2C[C@H](OC(=O)OC(C)C(C)SS(C)(=O)=O)C[C@H]2C(=O)N[C@@H](C)c2ccc(C#N)cc2)C(C)C)on1)OCC. The predicted molar refractivity (Wildman–Crippen MR) is 187 cm³/mol. The monoisotopic (exact) mass is 752 g/mol. The first-order valence-electron chi connectivity index (χ1n) is 16.8. The van der Waals surface area contributed by atoms with Crippen molar-refractivity contribution in [3.8, 4) is 11.9 Å². The molecule has 1 aromatic heterocycles. The third-order valence-corrected chi connectivity index (χ3v) is 11.1. The number of ether oxygens (including phenoxy) is 5. The van der Waals surface area contributed by atoms with Crippen LogP contribution in [0.4, 0.5) is 4.79 Å². The minimum Gasteiger partial charge on any atom is -0.470 e. The number of nitrogens with one attached hydrogen (secondary N) is 1. The summed E-state index contributed by atoms with van der Waals surface area (Å²) in [6.45, 7) is 13.0. The van der Waals surface area contributed by atoms with Crippen molar-refractivity contribution >= 4 is 37.6 Å². The Bertz CT molecular complexity index is 1600. The van der Waals surface area contributed by atoms with E-state index in [2.05, 4.69) is 16.5 Å². The predicted octanol–water partition coefficient (Wildman–Crippen LogP) is 4.53. The molecule has 0 bridgehead atoms. The molecule has 17 heteroatoms. The van der Waals surface area contributed by atoms with Crippen LogP contribution in [0.15, 0.2) is 34.9 Å². The number of benzene rings is 1. The molecule has 282 valence electrons. The number of nitriles is 1. The van der Waals surface area contributed by atoms with Crippen LogP contribution in [-0.2, 0) is 37.4 Å². The lowest BCUT2D eigenvalue weighted by atomic mass is 9.91. The molecule has 6 atom stereocenters. The van der Waals surface area contributed by atoms with Gasteiger partial charge in [0.2, 0.25) is 11.8 Å². The van der Waals surface area contributed by atoms with Crippen molar-refractivity contribution in [1.29, 1.82) is 5.26 Å². The molecule has 0 radical (unpaired) electrons. The van der Waals surface area contributed by atoms with Crippen molar-refractivity contribution in [3.63, 3.8) is 0 Å². The molecule has 1 aromatic carbocycles. The van der Waals surface area contributed by atoms with Gasteiger partial charge in [0, 0.05) is 32.0 Å². The number of hydrogen-bond donors (Lipinski definition) is 1. The zero-order chi connectivity index (χ0) is 37.9. The molecule has 3 rings (SSSR count). The highest BCUT2D eigenvalue weighted by Gasteiger charge is 2.45. The Labute approximate surface area is 302 Å². The molecule has 1 N–H and O–H groups in total. The van der Waals surface area contributed by atoms with Gasteiger partial charge >= 0.3 is 6.16 Å². The van der Waals surface area contributed by atoms with Crippen molar-refractivity contribution in [2.45, 2.75) is 96.6 Å². The van der Waals surface area contributed by atoms with Crippen LogP contribution in [0.5, 0.6) is 5.88 Å². The topological polar surface area (TPSA) is 197 Å². The fourth-order valence-electron chi connectivity index (χ4n) is 5.45. The Morgan fingerprint density at radius 3 is 2.31 bits per heavy atom. The van der Waals surface area contributed by atoms with Crippen LogP contribution in [0.1, 0.15) is 83.7 Å². The minimum atomic E-state index is -3.39. The number of likely N-dealkylation sites (tertiary alicyclic amines) is 1. The maximum absolute atomic E-state index is 14.3. The molecule has 15 nitrogen and oxygen atoms in total. The van der Waals surface area contributed by atoms with E-state index in [1.807, 2.05) is 27.7 Å². The lowest BCUT2D eigenvalue weighted by Gasteiger charge is -2.29. The highest BCUT2D eigenvalue weighted by atomic mass is 33.1. The fourth-order valence-corrected chi connectivity index (χ4v) is 8.34. The Morgan fingerprint density at radius 2 is 1.75 bits per heavy atom. The van der Waals surface area contributed by atoms with Gasteiger partial charge in [0.05, 0.1) is 29.5 Å². The molecular formula is C34H48N4O11S2. The number of rotatable bonds is 18. The molecular weight excluding hydrogens is 705 g/mol. The Kier molecular flexibility index (Phi) is 15.6. The maximum atomic E-state index is 14.3. The number of carbonyl (C=O) groups excluding carboxylic acids is 3. The number of aromatic nitrogens is 1. The smallest absolute Gasteiger partial charge is 0.470 e. The van der Waals surface area contributed by atoms with Gasteiger partial charge in [-0.25, -0.2) is 13.2 Å². The Hall–Kier alpha value is -3.85. The maximum Gasteiger partial charge on any atom is 0.508 e. The molecule has 0 saturated carbocycles. The van der Waals surface area contributed by atoms with E-state index in [4.69, 9.17) is 33.5 Å². The van der Waals surface area contributed by atoms with Gasteiger partial charge in [0.15, 0.2) is 20.9 Å². The van der Waals surface area contributed by atoms with Crippen LogP contribution in [0.25, 0.3) is 0 Å². The average Bonchev–Trinajstić information content (AvgIpc) is 3.70.